The van der Waals surface area contributed by atoms with E-state index in [4.69, 9.17) is 16.3 Å². The predicted octanol–water partition coefficient (Wildman–Crippen LogP) is 3.48. The van der Waals surface area contributed by atoms with Gasteiger partial charge in [0.15, 0.2) is 5.69 Å². The number of benzene rings is 1. The van der Waals surface area contributed by atoms with E-state index in [2.05, 4.69) is 10.00 Å². The van der Waals surface area contributed by atoms with Gasteiger partial charge in [-0.3, -0.25) is 9.69 Å². The van der Waals surface area contributed by atoms with Crippen LogP contribution in [0.2, 0.25) is 5.02 Å². The van der Waals surface area contributed by atoms with Crippen LogP contribution in [0.3, 0.4) is 0 Å². The van der Waals surface area contributed by atoms with Crippen LogP contribution in [-0.2, 0) is 10.9 Å². The monoisotopic (exact) mass is 442 g/mol. The predicted molar refractivity (Wildman–Crippen MR) is 105 cm³/mol. The number of amides is 1. The molecular formula is C20H22ClF3N4O2. The summed E-state index contributed by atoms with van der Waals surface area (Å²) in [5, 5.41) is 4.14. The minimum absolute atomic E-state index is 0.148. The van der Waals surface area contributed by atoms with Crippen LogP contribution in [0.4, 0.5) is 13.2 Å². The summed E-state index contributed by atoms with van der Waals surface area (Å²) in [7, 11) is 0. The number of carbonyl (C=O) groups excluding carboxylic acids is 1. The number of nitrogens with zero attached hydrogens (tertiary/aromatic N) is 4. The zero-order chi connectivity index (χ0) is 21.3. The highest BCUT2D eigenvalue weighted by molar-refractivity contribution is 6.30. The molecule has 4 rings (SSSR count). The van der Waals surface area contributed by atoms with Crippen LogP contribution in [0.15, 0.2) is 30.5 Å². The summed E-state index contributed by atoms with van der Waals surface area (Å²) < 4.78 is 47.9. The molecule has 0 saturated carbocycles. The minimum atomic E-state index is -4.74. The highest BCUT2D eigenvalue weighted by atomic mass is 35.5. The van der Waals surface area contributed by atoms with Crippen molar-refractivity contribution in [3.63, 3.8) is 0 Å². The lowest BCUT2D eigenvalue weighted by Crippen LogP contribution is -2.50. The van der Waals surface area contributed by atoms with Crippen molar-refractivity contribution >= 4 is 17.5 Å². The number of rotatable bonds is 4. The quantitative estimate of drug-likeness (QED) is 0.727. The standard InChI is InChI=1S/C20H22ClF3N4O2/c21-14-3-1-4-15(11-14)28-18(20(22,23)24)17(12-25-28)19(29)27-8-6-26(7-9-27)13-16-5-2-10-30-16/h1,3-4,11-12,16H,2,5-10,13H2. The van der Waals surface area contributed by atoms with Crippen molar-refractivity contribution in [1.82, 2.24) is 19.6 Å². The number of ether oxygens (including phenoxy) is 1. The molecule has 3 heterocycles. The number of piperazine rings is 1. The van der Waals surface area contributed by atoms with Gasteiger partial charge in [-0.1, -0.05) is 17.7 Å². The molecule has 1 aromatic heterocycles. The molecule has 0 aliphatic carbocycles. The third kappa shape index (κ3) is 4.48. The van der Waals surface area contributed by atoms with Crippen molar-refractivity contribution in [2.24, 2.45) is 0 Å². The SMILES string of the molecule is O=C(c1cnn(-c2cccc(Cl)c2)c1C(F)(F)F)N1CCN(CC2CCCO2)CC1. The fraction of sp³-hybridized carbons (Fsp3) is 0.500. The topological polar surface area (TPSA) is 50.6 Å². The lowest BCUT2D eigenvalue weighted by molar-refractivity contribution is -0.143. The summed E-state index contributed by atoms with van der Waals surface area (Å²) in [4.78, 5) is 16.6. The zero-order valence-electron chi connectivity index (χ0n) is 16.2. The molecule has 0 spiro atoms. The van der Waals surface area contributed by atoms with Gasteiger partial charge in [-0.15, -0.1) is 0 Å². The molecule has 2 fully saturated rings. The first-order valence-electron chi connectivity index (χ1n) is 9.87. The molecule has 1 amide bonds. The van der Waals surface area contributed by atoms with Gasteiger partial charge in [0.1, 0.15) is 0 Å². The maximum absolute atomic E-state index is 13.9. The van der Waals surface area contributed by atoms with E-state index in [0.29, 0.717) is 26.2 Å². The van der Waals surface area contributed by atoms with Crippen LogP contribution in [0.1, 0.15) is 28.9 Å². The molecule has 2 aliphatic rings. The fourth-order valence-corrected chi connectivity index (χ4v) is 4.15. The Morgan fingerprint density at radius 3 is 2.63 bits per heavy atom. The molecule has 2 saturated heterocycles. The van der Waals surface area contributed by atoms with Crippen molar-refractivity contribution in [1.29, 1.82) is 0 Å². The highest BCUT2D eigenvalue weighted by Gasteiger charge is 2.41. The van der Waals surface area contributed by atoms with E-state index >= 15 is 0 Å². The van der Waals surface area contributed by atoms with Crippen LogP contribution in [0, 0.1) is 0 Å². The van der Waals surface area contributed by atoms with Gasteiger partial charge in [0.2, 0.25) is 0 Å². The van der Waals surface area contributed by atoms with Crippen LogP contribution >= 0.6 is 11.6 Å². The van der Waals surface area contributed by atoms with Crippen LogP contribution in [0.5, 0.6) is 0 Å². The van der Waals surface area contributed by atoms with Crippen molar-refractivity contribution in [3.05, 3.63) is 46.7 Å². The van der Waals surface area contributed by atoms with Crippen LogP contribution in [-0.4, -0.2) is 70.9 Å². The summed E-state index contributed by atoms with van der Waals surface area (Å²) in [5.41, 5.74) is -1.39. The number of carbonyl (C=O) groups is 1. The molecule has 1 atom stereocenters. The van der Waals surface area contributed by atoms with Gasteiger partial charge in [-0.25, -0.2) is 4.68 Å². The lowest BCUT2D eigenvalue weighted by atomic mass is 10.1. The first-order valence-corrected chi connectivity index (χ1v) is 10.2. The van der Waals surface area contributed by atoms with Gasteiger partial charge in [0.25, 0.3) is 5.91 Å². The molecule has 2 aromatic rings. The largest absolute Gasteiger partial charge is 0.434 e. The maximum Gasteiger partial charge on any atom is 0.434 e. The summed E-state index contributed by atoms with van der Waals surface area (Å²) >= 11 is 5.92. The van der Waals surface area contributed by atoms with Crippen molar-refractivity contribution in [2.75, 3.05) is 39.3 Å². The molecule has 1 aromatic carbocycles. The normalized spacial score (nSPS) is 20.7. The van der Waals surface area contributed by atoms with E-state index in [1.54, 1.807) is 6.07 Å². The number of halogens is 4. The summed E-state index contributed by atoms with van der Waals surface area (Å²) in [6, 6.07) is 5.94. The Bertz CT molecular complexity index is 904. The van der Waals surface area contributed by atoms with Gasteiger partial charge in [-0.05, 0) is 31.0 Å². The van der Waals surface area contributed by atoms with Gasteiger partial charge in [0.05, 0.1) is 23.6 Å². The molecule has 30 heavy (non-hydrogen) atoms. The lowest BCUT2D eigenvalue weighted by Gasteiger charge is -2.35. The van der Waals surface area contributed by atoms with E-state index in [0.717, 1.165) is 36.9 Å². The van der Waals surface area contributed by atoms with E-state index in [1.807, 2.05) is 0 Å². The van der Waals surface area contributed by atoms with Gasteiger partial charge >= 0.3 is 6.18 Å². The first-order chi connectivity index (χ1) is 14.3. The molecular weight excluding hydrogens is 421 g/mol. The number of alkyl halides is 3. The Morgan fingerprint density at radius 1 is 1.23 bits per heavy atom. The second-order valence-corrected chi connectivity index (χ2v) is 7.96. The Morgan fingerprint density at radius 2 is 2.00 bits per heavy atom. The van der Waals surface area contributed by atoms with E-state index < -0.39 is 23.3 Å². The second kappa shape index (κ2) is 8.56. The molecule has 6 nitrogen and oxygen atoms in total. The smallest absolute Gasteiger partial charge is 0.377 e. The molecule has 2 aliphatic heterocycles. The Labute approximate surface area is 177 Å². The Kier molecular flexibility index (Phi) is 6.04. The summed E-state index contributed by atoms with van der Waals surface area (Å²) in [6.45, 7) is 3.52. The molecule has 0 bridgehead atoms. The average Bonchev–Trinajstić information content (AvgIpc) is 3.37. The van der Waals surface area contributed by atoms with Gasteiger partial charge in [0, 0.05) is 44.4 Å². The van der Waals surface area contributed by atoms with E-state index in [1.165, 1.54) is 23.1 Å². The van der Waals surface area contributed by atoms with E-state index in [9.17, 15) is 18.0 Å². The van der Waals surface area contributed by atoms with Gasteiger partial charge in [-0.2, -0.15) is 18.3 Å². The zero-order valence-corrected chi connectivity index (χ0v) is 17.0. The number of hydrogen-bond donors (Lipinski definition) is 0. The fourth-order valence-electron chi connectivity index (χ4n) is 3.96. The third-order valence-electron chi connectivity index (χ3n) is 5.47. The van der Waals surface area contributed by atoms with Crippen molar-refractivity contribution in [3.8, 4) is 5.69 Å². The van der Waals surface area contributed by atoms with Crippen molar-refractivity contribution < 1.29 is 22.7 Å². The molecule has 1 unspecified atom stereocenters. The third-order valence-corrected chi connectivity index (χ3v) is 5.70. The first kappa shape index (κ1) is 21.1. The molecule has 0 N–H and O–H groups in total. The summed E-state index contributed by atoms with van der Waals surface area (Å²) in [5.74, 6) is -0.660. The number of aromatic nitrogens is 2. The molecule has 162 valence electrons. The Balaban J connectivity index is 1.51. The van der Waals surface area contributed by atoms with Gasteiger partial charge < -0.3 is 9.64 Å². The van der Waals surface area contributed by atoms with Crippen LogP contribution in [0.25, 0.3) is 5.69 Å². The van der Waals surface area contributed by atoms with Crippen LogP contribution < -0.4 is 0 Å². The van der Waals surface area contributed by atoms with Crippen molar-refractivity contribution in [2.45, 2.75) is 25.1 Å². The van der Waals surface area contributed by atoms with E-state index in [-0.39, 0.29) is 16.8 Å². The molecule has 10 heteroatoms. The maximum atomic E-state index is 13.9. The minimum Gasteiger partial charge on any atom is -0.377 e. The average molecular weight is 443 g/mol. The Hall–Kier alpha value is -2.10. The second-order valence-electron chi connectivity index (χ2n) is 7.52. The summed E-state index contributed by atoms with van der Waals surface area (Å²) in [6.07, 6.45) is -1.47. The highest BCUT2D eigenvalue weighted by Crippen LogP contribution is 2.34. The number of hydrogen-bond acceptors (Lipinski definition) is 4. The molecule has 0 radical (unpaired) electrons.